The molecule has 5 nitrogen and oxygen atoms in total. The van der Waals surface area contributed by atoms with Crippen molar-refractivity contribution in [3.8, 4) is 0 Å². The molecule has 0 bridgehead atoms. The highest BCUT2D eigenvalue weighted by Gasteiger charge is 2.21. The molecule has 0 radical (unpaired) electrons. The first-order valence-corrected chi connectivity index (χ1v) is 10.6. The molecular weight excluding hydrogens is 348 g/mol. The van der Waals surface area contributed by atoms with E-state index < -0.39 is 10.0 Å². The van der Waals surface area contributed by atoms with Crippen molar-refractivity contribution in [2.75, 3.05) is 32.4 Å². The number of hydrogen-bond acceptors (Lipinski definition) is 3. The molecule has 1 aromatic rings. The minimum Gasteiger partial charge on any atom is -0.343 e. The number of nitrogens with zero attached hydrogens (tertiary/aromatic N) is 2. The zero-order chi connectivity index (χ0) is 17.6. The van der Waals surface area contributed by atoms with Gasteiger partial charge in [0.2, 0.25) is 15.9 Å². The Hall–Kier alpha value is -1.11. The number of halogens is 1. The lowest BCUT2D eigenvalue weighted by Crippen LogP contribution is -2.39. The predicted octanol–water partition coefficient (Wildman–Crippen LogP) is 2.55. The third-order valence-electron chi connectivity index (χ3n) is 4.29. The summed E-state index contributed by atoms with van der Waals surface area (Å²) in [5, 5.41) is 0.638. The fourth-order valence-electron chi connectivity index (χ4n) is 2.91. The third-order valence-corrected chi connectivity index (χ3v) is 5.83. The van der Waals surface area contributed by atoms with Crippen LogP contribution in [0.5, 0.6) is 0 Å². The molecular formula is C17H25ClN2O3S. The Morgan fingerprint density at radius 3 is 2.54 bits per heavy atom. The number of likely N-dealkylation sites (tertiary alicyclic amines) is 1. The lowest BCUT2D eigenvalue weighted by atomic mass is 10.1. The summed E-state index contributed by atoms with van der Waals surface area (Å²) in [6.07, 6.45) is 5.25. The number of piperidine rings is 1. The lowest BCUT2D eigenvalue weighted by Gasteiger charge is -2.28. The number of carbonyl (C=O) groups is 1. The van der Waals surface area contributed by atoms with Crippen LogP contribution in [0.25, 0.3) is 0 Å². The van der Waals surface area contributed by atoms with E-state index in [-0.39, 0.29) is 18.9 Å². The van der Waals surface area contributed by atoms with Gasteiger partial charge in [-0.2, -0.15) is 0 Å². The fraction of sp³-hybridized carbons (Fsp3) is 0.588. The van der Waals surface area contributed by atoms with E-state index in [4.69, 9.17) is 11.6 Å². The van der Waals surface area contributed by atoms with Gasteiger partial charge >= 0.3 is 0 Å². The van der Waals surface area contributed by atoms with Crippen molar-refractivity contribution in [2.24, 2.45) is 0 Å². The Kier molecular flexibility index (Phi) is 7.07. The molecule has 1 amide bonds. The van der Waals surface area contributed by atoms with E-state index in [1.54, 1.807) is 6.07 Å². The zero-order valence-electron chi connectivity index (χ0n) is 14.1. The topological polar surface area (TPSA) is 57.7 Å². The lowest BCUT2D eigenvalue weighted by molar-refractivity contribution is -0.132. The highest BCUT2D eigenvalue weighted by molar-refractivity contribution is 7.88. The van der Waals surface area contributed by atoms with Gasteiger partial charge in [-0.15, -0.1) is 0 Å². The van der Waals surface area contributed by atoms with Crippen molar-refractivity contribution in [3.05, 3.63) is 34.9 Å². The van der Waals surface area contributed by atoms with Crippen LogP contribution >= 0.6 is 11.6 Å². The van der Waals surface area contributed by atoms with Gasteiger partial charge in [0, 0.05) is 37.6 Å². The summed E-state index contributed by atoms with van der Waals surface area (Å²) in [5.41, 5.74) is 0.985. The van der Waals surface area contributed by atoms with Crippen LogP contribution in [0.15, 0.2) is 24.3 Å². The quantitative estimate of drug-likeness (QED) is 0.739. The van der Waals surface area contributed by atoms with E-state index in [1.807, 2.05) is 23.1 Å². The van der Waals surface area contributed by atoms with E-state index in [1.165, 1.54) is 17.0 Å². The highest BCUT2D eigenvalue weighted by atomic mass is 35.5. The molecule has 7 heteroatoms. The summed E-state index contributed by atoms with van der Waals surface area (Å²) in [6, 6.07) is 7.39. The molecule has 1 heterocycles. The zero-order valence-corrected chi connectivity index (χ0v) is 15.7. The maximum atomic E-state index is 12.2. The van der Waals surface area contributed by atoms with E-state index in [9.17, 15) is 13.2 Å². The fourth-order valence-corrected chi connectivity index (χ4v) is 3.97. The molecule has 134 valence electrons. The molecule has 1 fully saturated rings. The van der Waals surface area contributed by atoms with Crippen molar-refractivity contribution >= 4 is 27.5 Å². The first-order chi connectivity index (χ1) is 11.4. The number of carbonyl (C=O) groups excluding carboxylic acids is 1. The molecule has 0 aliphatic carbocycles. The van der Waals surface area contributed by atoms with Gasteiger partial charge in [0.15, 0.2) is 0 Å². The predicted molar refractivity (Wildman–Crippen MR) is 96.6 cm³/mol. The van der Waals surface area contributed by atoms with Crippen molar-refractivity contribution in [1.82, 2.24) is 9.21 Å². The molecule has 1 aliphatic rings. The largest absolute Gasteiger partial charge is 0.343 e. The maximum Gasteiger partial charge on any atom is 0.223 e. The van der Waals surface area contributed by atoms with Crippen LogP contribution in [0.1, 0.15) is 31.2 Å². The first kappa shape index (κ1) is 19.2. The number of rotatable bonds is 7. The van der Waals surface area contributed by atoms with Crippen LogP contribution in [0.4, 0.5) is 0 Å². The van der Waals surface area contributed by atoms with Gasteiger partial charge in [-0.1, -0.05) is 23.7 Å². The molecule has 1 aromatic carbocycles. The summed E-state index contributed by atoms with van der Waals surface area (Å²) < 4.78 is 25.4. The molecule has 0 aromatic heterocycles. The number of benzene rings is 1. The normalized spacial score (nSPS) is 15.7. The number of sulfonamides is 1. The second-order valence-electron chi connectivity index (χ2n) is 6.23. The molecule has 24 heavy (non-hydrogen) atoms. The minimum absolute atomic E-state index is 0.0473. The third kappa shape index (κ3) is 6.07. The summed E-state index contributed by atoms with van der Waals surface area (Å²) in [5.74, 6) is 0.0473. The molecule has 0 atom stereocenters. The Labute approximate surface area is 149 Å². The van der Waals surface area contributed by atoms with Gasteiger partial charge < -0.3 is 4.90 Å². The van der Waals surface area contributed by atoms with Crippen molar-refractivity contribution in [3.63, 3.8) is 0 Å². The van der Waals surface area contributed by atoms with Crippen LogP contribution < -0.4 is 0 Å². The van der Waals surface area contributed by atoms with E-state index in [2.05, 4.69) is 0 Å². The van der Waals surface area contributed by atoms with Gasteiger partial charge in [-0.25, -0.2) is 12.7 Å². The van der Waals surface area contributed by atoms with E-state index >= 15 is 0 Å². The SMILES string of the molecule is CS(=O)(=O)N(CCC(=O)N1CCCCC1)CCc1cccc(Cl)c1. The minimum atomic E-state index is -3.34. The van der Waals surface area contributed by atoms with Gasteiger partial charge in [0.05, 0.1) is 6.26 Å². The van der Waals surface area contributed by atoms with Crippen molar-refractivity contribution in [2.45, 2.75) is 32.1 Å². The average molecular weight is 373 g/mol. The molecule has 0 N–H and O–H groups in total. The second-order valence-corrected chi connectivity index (χ2v) is 8.65. The molecule has 0 spiro atoms. The Balaban J connectivity index is 1.90. The Morgan fingerprint density at radius 2 is 1.92 bits per heavy atom. The van der Waals surface area contributed by atoms with E-state index in [0.717, 1.165) is 31.5 Å². The van der Waals surface area contributed by atoms with Crippen LogP contribution in [-0.2, 0) is 21.2 Å². The molecule has 1 saturated heterocycles. The van der Waals surface area contributed by atoms with Crippen molar-refractivity contribution < 1.29 is 13.2 Å². The molecule has 1 aliphatic heterocycles. The molecule has 0 saturated carbocycles. The average Bonchev–Trinajstić information content (AvgIpc) is 2.54. The molecule has 0 unspecified atom stereocenters. The van der Waals surface area contributed by atoms with Crippen molar-refractivity contribution in [1.29, 1.82) is 0 Å². The number of hydrogen-bond donors (Lipinski definition) is 0. The molecule has 2 rings (SSSR count). The summed E-state index contributed by atoms with van der Waals surface area (Å²) in [4.78, 5) is 14.1. The Morgan fingerprint density at radius 1 is 1.21 bits per heavy atom. The van der Waals surface area contributed by atoms with Gasteiger partial charge in [-0.05, 0) is 43.4 Å². The first-order valence-electron chi connectivity index (χ1n) is 8.33. The summed E-state index contributed by atoms with van der Waals surface area (Å²) in [6.45, 7) is 2.17. The van der Waals surface area contributed by atoms with Gasteiger partial charge in [0.25, 0.3) is 0 Å². The maximum absolute atomic E-state index is 12.2. The van der Waals surface area contributed by atoms with Crippen LogP contribution in [-0.4, -0.2) is 56.0 Å². The smallest absolute Gasteiger partial charge is 0.223 e. The number of amides is 1. The second kappa shape index (κ2) is 8.83. The van der Waals surface area contributed by atoms with E-state index in [0.29, 0.717) is 18.0 Å². The van der Waals surface area contributed by atoms with Crippen LogP contribution in [0, 0.1) is 0 Å². The van der Waals surface area contributed by atoms with Gasteiger partial charge in [-0.3, -0.25) is 4.79 Å². The Bertz CT molecular complexity index is 658. The highest BCUT2D eigenvalue weighted by Crippen LogP contribution is 2.13. The van der Waals surface area contributed by atoms with Crippen LogP contribution in [0.3, 0.4) is 0 Å². The standard InChI is InChI=1S/C17H25ClN2O3S/c1-24(22,23)20(12-8-15-6-5-7-16(18)14-15)13-9-17(21)19-10-3-2-4-11-19/h5-7,14H,2-4,8-13H2,1H3. The van der Waals surface area contributed by atoms with Gasteiger partial charge in [0.1, 0.15) is 0 Å². The summed E-state index contributed by atoms with van der Waals surface area (Å²) in [7, 11) is -3.34. The monoisotopic (exact) mass is 372 g/mol. The van der Waals surface area contributed by atoms with Crippen LogP contribution in [0.2, 0.25) is 5.02 Å². The summed E-state index contributed by atoms with van der Waals surface area (Å²) >= 11 is 5.96.